The van der Waals surface area contributed by atoms with Crippen LogP contribution in [0.2, 0.25) is 0 Å². The number of carbonyl (C=O) groups excluding carboxylic acids is 2. The average molecular weight is 436 g/mol. The van der Waals surface area contributed by atoms with Gasteiger partial charge >= 0.3 is 0 Å². The molecule has 0 spiro atoms. The fourth-order valence-corrected chi connectivity index (χ4v) is 4.06. The summed E-state index contributed by atoms with van der Waals surface area (Å²) >= 11 is 0. The van der Waals surface area contributed by atoms with Crippen LogP contribution in [0.3, 0.4) is 0 Å². The average Bonchev–Trinajstić information content (AvgIpc) is 3.21. The van der Waals surface area contributed by atoms with Gasteiger partial charge in [0.05, 0.1) is 24.2 Å². The van der Waals surface area contributed by atoms with Gasteiger partial charge in [0.25, 0.3) is 0 Å². The number of para-hydroxylation sites is 3. The molecular formula is C27H23N4O2+. The third-order valence-corrected chi connectivity index (χ3v) is 5.68. The number of nitrogens with one attached hydrogen (secondary N) is 1. The van der Waals surface area contributed by atoms with Gasteiger partial charge in [0.2, 0.25) is 18.0 Å². The molecule has 2 heterocycles. The van der Waals surface area contributed by atoms with Crippen molar-refractivity contribution in [3.05, 3.63) is 103 Å². The number of hydrogen-bond donors (Lipinski definition) is 1. The normalized spacial score (nSPS) is 11.0. The smallest absolute Gasteiger partial charge is 0.245 e. The largest absolute Gasteiger partial charge is 0.324 e. The Bertz CT molecular complexity index is 1450. The third kappa shape index (κ3) is 4.36. The highest BCUT2D eigenvalue weighted by Gasteiger charge is 2.19. The van der Waals surface area contributed by atoms with Crippen LogP contribution in [0.4, 0.5) is 5.69 Å². The molecule has 2 aromatic heterocycles. The Morgan fingerprint density at radius 3 is 2.55 bits per heavy atom. The first-order chi connectivity index (χ1) is 16.2. The zero-order chi connectivity index (χ0) is 22.6. The molecule has 1 amide bonds. The molecule has 0 aliphatic rings. The van der Waals surface area contributed by atoms with Gasteiger partial charge in [0.1, 0.15) is 0 Å². The zero-order valence-corrected chi connectivity index (χ0v) is 18.0. The highest BCUT2D eigenvalue weighted by molar-refractivity contribution is 6.00. The van der Waals surface area contributed by atoms with Crippen LogP contribution in [0.5, 0.6) is 0 Å². The van der Waals surface area contributed by atoms with Gasteiger partial charge in [-0.25, -0.2) is 9.13 Å². The van der Waals surface area contributed by atoms with Crippen molar-refractivity contribution in [3.63, 3.8) is 0 Å². The van der Waals surface area contributed by atoms with Crippen LogP contribution in [0, 0.1) is 0 Å². The van der Waals surface area contributed by atoms with E-state index in [2.05, 4.69) is 10.3 Å². The Labute approximate surface area is 191 Å². The summed E-state index contributed by atoms with van der Waals surface area (Å²) in [6.07, 6.45) is 3.94. The predicted octanol–water partition coefficient (Wildman–Crippen LogP) is 4.39. The Morgan fingerprint density at radius 2 is 1.67 bits per heavy atom. The van der Waals surface area contributed by atoms with Gasteiger partial charge in [-0.3, -0.25) is 14.6 Å². The van der Waals surface area contributed by atoms with E-state index in [1.807, 2.05) is 100 Å². The predicted molar refractivity (Wildman–Crippen MR) is 128 cm³/mol. The van der Waals surface area contributed by atoms with E-state index in [9.17, 15) is 9.59 Å². The first-order valence-electron chi connectivity index (χ1n) is 10.9. The van der Waals surface area contributed by atoms with Crippen LogP contribution in [0.15, 0.2) is 97.5 Å². The van der Waals surface area contributed by atoms with E-state index >= 15 is 0 Å². The van der Waals surface area contributed by atoms with E-state index in [1.165, 1.54) is 0 Å². The second-order valence-corrected chi connectivity index (χ2v) is 7.89. The number of Topliss-reactive ketones (excluding diaryl/α,β-unsaturated/α-hetero) is 1. The fourth-order valence-electron chi connectivity index (χ4n) is 4.06. The van der Waals surface area contributed by atoms with Crippen molar-refractivity contribution in [2.45, 2.75) is 19.5 Å². The summed E-state index contributed by atoms with van der Waals surface area (Å²) in [7, 11) is 0. The summed E-state index contributed by atoms with van der Waals surface area (Å²) in [4.78, 5) is 29.9. The van der Waals surface area contributed by atoms with Crippen molar-refractivity contribution in [1.29, 1.82) is 0 Å². The van der Waals surface area contributed by atoms with Crippen LogP contribution in [0.1, 0.15) is 16.8 Å². The van der Waals surface area contributed by atoms with Gasteiger partial charge in [-0.15, -0.1) is 0 Å². The number of imidazole rings is 1. The molecule has 0 radical (unpaired) electrons. The van der Waals surface area contributed by atoms with Crippen molar-refractivity contribution in [2.24, 2.45) is 0 Å². The quantitative estimate of drug-likeness (QED) is 0.305. The molecule has 5 rings (SSSR count). The lowest BCUT2D eigenvalue weighted by Crippen LogP contribution is -2.36. The molecule has 0 saturated heterocycles. The standard InChI is InChI=1S/C27H22N4O2/c32-25(20-8-2-1-3-9-20)18-31-19-30(23-13-4-5-14-24(23)31)17-15-26(33)29-22-12-6-10-21-11-7-16-28-27(21)22/h1-14,16,19H,15,17-18H2/p+1. The van der Waals surface area contributed by atoms with Gasteiger partial charge in [-0.1, -0.05) is 60.7 Å². The van der Waals surface area contributed by atoms with E-state index in [1.54, 1.807) is 6.20 Å². The molecule has 0 atom stereocenters. The first-order valence-corrected chi connectivity index (χ1v) is 10.9. The molecule has 3 aromatic carbocycles. The minimum absolute atomic E-state index is 0.0460. The molecule has 1 N–H and O–H groups in total. The summed E-state index contributed by atoms with van der Waals surface area (Å²) in [5.41, 5.74) is 4.11. The number of hydrogen-bond acceptors (Lipinski definition) is 3. The number of anilines is 1. The number of benzene rings is 3. The second kappa shape index (κ2) is 9.04. The molecule has 0 bridgehead atoms. The van der Waals surface area contributed by atoms with Gasteiger partial charge in [-0.05, 0) is 24.3 Å². The molecule has 33 heavy (non-hydrogen) atoms. The number of aryl methyl sites for hydroxylation is 1. The monoisotopic (exact) mass is 435 g/mol. The zero-order valence-electron chi connectivity index (χ0n) is 18.0. The van der Waals surface area contributed by atoms with Crippen LogP contribution in [-0.2, 0) is 17.9 Å². The van der Waals surface area contributed by atoms with Crippen molar-refractivity contribution in [2.75, 3.05) is 5.32 Å². The van der Waals surface area contributed by atoms with Gasteiger partial charge in [0, 0.05) is 17.1 Å². The summed E-state index contributed by atoms with van der Waals surface area (Å²) in [5, 5.41) is 3.97. The Kier molecular flexibility index (Phi) is 5.64. The number of pyridine rings is 1. The van der Waals surface area contributed by atoms with Crippen LogP contribution in [0.25, 0.3) is 21.9 Å². The van der Waals surface area contributed by atoms with Crippen LogP contribution in [-0.4, -0.2) is 21.2 Å². The van der Waals surface area contributed by atoms with Gasteiger partial charge < -0.3 is 5.32 Å². The number of ketones is 1. The number of fused-ring (bicyclic) bond motifs is 2. The summed E-state index contributed by atoms with van der Waals surface area (Å²) in [5.74, 6) is -0.0393. The molecular weight excluding hydrogens is 412 g/mol. The highest BCUT2D eigenvalue weighted by atomic mass is 16.1. The molecule has 6 nitrogen and oxygen atoms in total. The van der Waals surface area contributed by atoms with Crippen molar-refractivity contribution in [1.82, 2.24) is 9.55 Å². The lowest BCUT2D eigenvalue weighted by molar-refractivity contribution is -0.657. The summed E-state index contributed by atoms with van der Waals surface area (Å²) in [6, 6.07) is 26.8. The topological polar surface area (TPSA) is 67.9 Å². The van der Waals surface area contributed by atoms with Crippen molar-refractivity contribution >= 4 is 39.3 Å². The third-order valence-electron chi connectivity index (χ3n) is 5.68. The molecule has 5 aromatic rings. The van der Waals surface area contributed by atoms with E-state index in [0.717, 1.165) is 21.9 Å². The molecule has 0 aliphatic carbocycles. The van der Waals surface area contributed by atoms with Crippen molar-refractivity contribution < 1.29 is 14.2 Å². The second-order valence-electron chi connectivity index (χ2n) is 7.89. The minimum Gasteiger partial charge on any atom is -0.324 e. The fraction of sp³-hybridized carbons (Fsp3) is 0.111. The van der Waals surface area contributed by atoms with Crippen molar-refractivity contribution in [3.8, 4) is 0 Å². The molecule has 0 fully saturated rings. The number of aromatic nitrogens is 3. The number of carbonyl (C=O) groups is 2. The van der Waals surface area contributed by atoms with E-state index in [0.29, 0.717) is 24.2 Å². The van der Waals surface area contributed by atoms with Crippen LogP contribution < -0.4 is 9.88 Å². The van der Waals surface area contributed by atoms with Gasteiger partial charge in [0.15, 0.2) is 17.6 Å². The number of nitrogens with zero attached hydrogens (tertiary/aromatic N) is 3. The molecule has 0 unspecified atom stereocenters. The molecule has 0 saturated carbocycles. The summed E-state index contributed by atoms with van der Waals surface area (Å²) in [6.45, 7) is 0.739. The van der Waals surface area contributed by atoms with Gasteiger partial charge in [-0.2, -0.15) is 0 Å². The number of amides is 1. The first kappa shape index (κ1) is 20.6. The molecule has 6 heteroatoms. The van der Waals surface area contributed by atoms with E-state index < -0.39 is 0 Å². The Morgan fingerprint density at radius 1 is 0.879 bits per heavy atom. The van der Waals surface area contributed by atoms with E-state index in [4.69, 9.17) is 0 Å². The molecule has 0 aliphatic heterocycles. The Hall–Kier alpha value is -4.32. The minimum atomic E-state index is -0.0853. The highest BCUT2D eigenvalue weighted by Crippen LogP contribution is 2.21. The lowest BCUT2D eigenvalue weighted by atomic mass is 10.1. The Balaban J connectivity index is 1.33. The lowest BCUT2D eigenvalue weighted by Gasteiger charge is -2.07. The maximum absolute atomic E-state index is 12.7. The molecule has 162 valence electrons. The maximum Gasteiger partial charge on any atom is 0.245 e. The maximum atomic E-state index is 12.7. The SMILES string of the molecule is O=C(CCn1c[n+](CC(=O)c2ccccc2)c2ccccc21)Nc1cccc2cccnc12. The number of rotatable bonds is 7. The van der Waals surface area contributed by atoms with E-state index in [-0.39, 0.29) is 18.2 Å². The van der Waals surface area contributed by atoms with Crippen LogP contribution >= 0.6 is 0 Å². The summed E-state index contributed by atoms with van der Waals surface area (Å²) < 4.78 is 3.96.